The van der Waals surface area contributed by atoms with E-state index in [-0.39, 0.29) is 76.1 Å². The van der Waals surface area contributed by atoms with Crippen molar-refractivity contribution in [1.29, 1.82) is 0 Å². The Hall–Kier alpha value is 3.11. The molecule has 0 saturated heterocycles. The zero-order valence-corrected chi connectivity index (χ0v) is 14.2. The first kappa shape index (κ1) is 29.2. The van der Waals surface area contributed by atoms with E-state index in [9.17, 15) is 0 Å². The van der Waals surface area contributed by atoms with Crippen molar-refractivity contribution in [3.8, 4) is 0 Å². The van der Waals surface area contributed by atoms with Crippen LogP contribution in [0.3, 0.4) is 0 Å². The van der Waals surface area contributed by atoms with Crippen LogP contribution in [-0.2, 0) is 71.1 Å². The maximum absolute atomic E-state index is 8.58. The molecule has 56 valence electrons. The van der Waals surface area contributed by atoms with E-state index in [1.807, 2.05) is 0 Å². The average Bonchev–Trinajstić information content (AvgIpc) is 1.25. The molecule has 0 N–H and O–H groups in total. The average molecular weight is 393 g/mol. The maximum Gasteiger partial charge on any atom is 4.00 e. The fraction of sp³-hybridized carbons (Fsp3) is 0. The molecule has 0 bridgehead atoms. The van der Waals surface area contributed by atoms with Gasteiger partial charge in [0.25, 0.3) is 0 Å². The van der Waals surface area contributed by atoms with Crippen LogP contribution >= 0.6 is 0 Å². The molecule has 0 aromatic carbocycles. The molecule has 7 nitrogen and oxygen atoms in total. The summed E-state index contributed by atoms with van der Waals surface area (Å²) < 4.78 is 51.5. The SMILES string of the molecule is [Ba+2].[O-2].[O]=[Ti]([O-])[O-].[O]=[Ti]([O-])[O-].[Ti+4]. The van der Waals surface area contributed by atoms with Gasteiger partial charge in [0.2, 0.25) is 0 Å². The second-order valence-electron chi connectivity index (χ2n) is 0.500. The standard InChI is InChI=1S/Ba.7O.3Ti/q+2;;;-2;4*-1;;;+4. The third kappa shape index (κ3) is 167. The molecular weight excluding hydrogens is 393 g/mol. The van der Waals surface area contributed by atoms with Crippen LogP contribution < -0.4 is 14.8 Å². The molecule has 0 aromatic rings. The van der Waals surface area contributed by atoms with Crippen molar-refractivity contribution >= 4 is 48.9 Å². The Bertz CT molecular complexity index is 71.7. The summed E-state index contributed by atoms with van der Waals surface area (Å²) in [5.74, 6) is 0. The van der Waals surface area contributed by atoms with Crippen molar-refractivity contribution < 1.29 is 85.8 Å². The van der Waals surface area contributed by atoms with Crippen LogP contribution in [0.1, 0.15) is 0 Å². The number of rotatable bonds is 0. The van der Waals surface area contributed by atoms with E-state index in [1.165, 1.54) is 0 Å². The summed E-state index contributed by atoms with van der Waals surface area (Å²) >= 11 is -8.17. The van der Waals surface area contributed by atoms with Crippen molar-refractivity contribution in [1.82, 2.24) is 0 Å². The third-order valence-corrected chi connectivity index (χ3v) is 0. The molecule has 0 spiro atoms. The van der Waals surface area contributed by atoms with Gasteiger partial charge in [0.05, 0.1) is 0 Å². The van der Waals surface area contributed by atoms with Crippen LogP contribution in [0.2, 0.25) is 0 Å². The Morgan fingerprint density at radius 3 is 0.818 bits per heavy atom. The van der Waals surface area contributed by atoms with E-state index >= 15 is 0 Å². The van der Waals surface area contributed by atoms with Gasteiger partial charge in [-0.25, -0.2) is 0 Å². The Labute approximate surface area is 132 Å². The fourth-order valence-corrected chi connectivity index (χ4v) is 0. The summed E-state index contributed by atoms with van der Waals surface area (Å²) in [4.78, 5) is 0. The smallest absolute Gasteiger partial charge is 4.00 e. The van der Waals surface area contributed by atoms with Crippen LogP contribution in [-0.4, -0.2) is 48.9 Å². The van der Waals surface area contributed by atoms with E-state index in [2.05, 4.69) is 0 Å². The normalized spacial score (nSPS) is 4.73. The van der Waals surface area contributed by atoms with Crippen molar-refractivity contribution in [2.24, 2.45) is 0 Å². The number of hydrogen-bond acceptors (Lipinski definition) is 6. The Morgan fingerprint density at radius 1 is 0.818 bits per heavy atom. The van der Waals surface area contributed by atoms with E-state index in [4.69, 9.17) is 21.4 Å². The molecule has 0 unspecified atom stereocenters. The van der Waals surface area contributed by atoms with Crippen LogP contribution in [0.4, 0.5) is 0 Å². The van der Waals surface area contributed by atoms with Crippen LogP contribution in [0.25, 0.3) is 0 Å². The molecular formula is BaO7Ti3. The zero-order chi connectivity index (χ0) is 7.15. The van der Waals surface area contributed by atoms with Gasteiger partial charge in [-0.05, 0) is 0 Å². The molecule has 11 heavy (non-hydrogen) atoms. The van der Waals surface area contributed by atoms with Gasteiger partial charge >= 0.3 is 129 Å². The summed E-state index contributed by atoms with van der Waals surface area (Å²) in [6.45, 7) is 0. The van der Waals surface area contributed by atoms with E-state index in [1.54, 1.807) is 0 Å². The maximum atomic E-state index is 8.58. The second kappa shape index (κ2) is 23.2. The molecule has 0 aliphatic rings. The first-order valence-corrected chi connectivity index (χ1v) is 5.05. The van der Waals surface area contributed by atoms with Gasteiger partial charge in [-0.2, -0.15) is 0 Å². The minimum atomic E-state index is -4.08. The topological polar surface area (TPSA) is 155 Å². The molecule has 0 heterocycles. The summed E-state index contributed by atoms with van der Waals surface area (Å²) in [6.07, 6.45) is 0. The van der Waals surface area contributed by atoms with E-state index in [0.717, 1.165) is 0 Å². The first-order valence-electron chi connectivity index (χ1n) is 1.22. The molecule has 0 aromatic heterocycles. The first-order chi connectivity index (χ1) is 3.46. The number of hydrogen-bond donors (Lipinski definition) is 0. The Balaban J connectivity index is -0.0000000171. The Kier molecular flexibility index (Phi) is 61.5. The quantitative estimate of drug-likeness (QED) is 0.374. The third-order valence-electron chi connectivity index (χ3n) is 0. The van der Waals surface area contributed by atoms with Gasteiger partial charge in [-0.3, -0.25) is 0 Å². The van der Waals surface area contributed by atoms with Crippen molar-refractivity contribution in [3.05, 3.63) is 0 Å². The Morgan fingerprint density at radius 2 is 0.818 bits per heavy atom. The van der Waals surface area contributed by atoms with Gasteiger partial charge in [-0.1, -0.05) is 0 Å². The molecule has 0 amide bonds. The molecule has 0 radical (unpaired) electrons. The van der Waals surface area contributed by atoms with Crippen molar-refractivity contribution in [3.63, 3.8) is 0 Å². The summed E-state index contributed by atoms with van der Waals surface area (Å²) in [7, 11) is 0. The second-order valence-corrected chi connectivity index (χ2v) is 2.06. The fourth-order valence-electron chi connectivity index (χ4n) is 0. The summed E-state index contributed by atoms with van der Waals surface area (Å²) in [5, 5.41) is 0. The van der Waals surface area contributed by atoms with E-state index < -0.39 is 37.2 Å². The minimum Gasteiger partial charge on any atom is 4.00 e. The van der Waals surface area contributed by atoms with E-state index in [0.29, 0.717) is 0 Å². The molecule has 0 rings (SSSR count). The molecule has 0 atom stereocenters. The van der Waals surface area contributed by atoms with Gasteiger partial charge in [0, 0.05) is 0 Å². The van der Waals surface area contributed by atoms with Gasteiger partial charge < -0.3 is 5.48 Å². The van der Waals surface area contributed by atoms with Crippen LogP contribution in [0, 0.1) is 0 Å². The zero-order valence-electron chi connectivity index (χ0n) is 5.06. The summed E-state index contributed by atoms with van der Waals surface area (Å²) in [6, 6.07) is 0. The predicted octanol–water partition coefficient (Wildman–Crippen LogP) is -5.50. The van der Waals surface area contributed by atoms with Gasteiger partial charge in [0.15, 0.2) is 0 Å². The van der Waals surface area contributed by atoms with Crippen LogP contribution in [0.15, 0.2) is 0 Å². The van der Waals surface area contributed by atoms with Crippen LogP contribution in [0.5, 0.6) is 0 Å². The molecule has 0 saturated carbocycles. The van der Waals surface area contributed by atoms with Crippen molar-refractivity contribution in [2.45, 2.75) is 0 Å². The molecule has 0 aliphatic heterocycles. The molecule has 0 fully saturated rings. The monoisotopic (exact) mass is 394 g/mol. The minimum absolute atomic E-state index is 0. The van der Waals surface area contributed by atoms with Gasteiger partial charge in [-0.15, -0.1) is 0 Å². The predicted molar refractivity (Wildman–Crippen MR) is 7.81 cm³/mol. The van der Waals surface area contributed by atoms with Crippen molar-refractivity contribution in [2.75, 3.05) is 0 Å². The largest absolute Gasteiger partial charge is 4.00 e. The summed E-state index contributed by atoms with van der Waals surface area (Å²) in [5.41, 5.74) is 0. The van der Waals surface area contributed by atoms with Gasteiger partial charge in [0.1, 0.15) is 0 Å². The molecule has 0 aliphatic carbocycles. The molecule has 11 heteroatoms.